The Morgan fingerprint density at radius 3 is 2.47 bits per heavy atom. The van der Waals surface area contributed by atoms with E-state index in [4.69, 9.17) is 11.6 Å². The summed E-state index contributed by atoms with van der Waals surface area (Å²) in [6, 6.07) is 15.2. The van der Waals surface area contributed by atoms with Gasteiger partial charge < -0.3 is 10.2 Å². The maximum Gasteiger partial charge on any atom is 0.242 e. The van der Waals surface area contributed by atoms with E-state index in [1.54, 1.807) is 23.6 Å². The topological polar surface area (TPSA) is 49.4 Å². The zero-order chi connectivity index (χ0) is 22.1. The fourth-order valence-electron chi connectivity index (χ4n) is 2.99. The van der Waals surface area contributed by atoms with Gasteiger partial charge in [-0.05, 0) is 57.0 Å². The summed E-state index contributed by atoms with van der Waals surface area (Å²) in [4.78, 5) is 28.6. The van der Waals surface area contributed by atoms with Gasteiger partial charge in [-0.25, -0.2) is 0 Å². The van der Waals surface area contributed by atoms with Crippen LogP contribution in [0.4, 0.5) is 0 Å². The molecule has 0 aliphatic rings. The third kappa shape index (κ3) is 7.69. The van der Waals surface area contributed by atoms with Crippen molar-refractivity contribution in [2.75, 3.05) is 5.75 Å². The Balaban J connectivity index is 2.07. The highest BCUT2D eigenvalue weighted by atomic mass is 35.5. The Labute approximate surface area is 189 Å². The van der Waals surface area contributed by atoms with Gasteiger partial charge in [-0.3, -0.25) is 9.59 Å². The zero-order valence-electron chi connectivity index (χ0n) is 18.2. The van der Waals surface area contributed by atoms with Gasteiger partial charge in [0.2, 0.25) is 11.8 Å². The molecule has 2 atom stereocenters. The molecule has 6 heteroatoms. The Morgan fingerprint density at radius 2 is 1.83 bits per heavy atom. The van der Waals surface area contributed by atoms with Crippen molar-refractivity contribution in [1.82, 2.24) is 10.2 Å². The van der Waals surface area contributed by atoms with Gasteiger partial charge in [-0.2, -0.15) is 0 Å². The average molecular weight is 447 g/mol. The Morgan fingerprint density at radius 1 is 1.13 bits per heavy atom. The van der Waals surface area contributed by atoms with Crippen molar-refractivity contribution >= 4 is 35.2 Å². The van der Waals surface area contributed by atoms with E-state index in [0.717, 1.165) is 22.4 Å². The molecular formula is C24H31ClN2O2S. The number of carbonyl (C=O) groups excluding carboxylic acids is 2. The van der Waals surface area contributed by atoms with Gasteiger partial charge in [0.05, 0.1) is 0 Å². The van der Waals surface area contributed by atoms with Crippen LogP contribution in [-0.4, -0.2) is 34.6 Å². The number of carbonyl (C=O) groups is 2. The fraction of sp³-hybridized carbons (Fsp3) is 0.417. The van der Waals surface area contributed by atoms with Crippen LogP contribution in [0.25, 0.3) is 0 Å². The minimum Gasteiger partial charge on any atom is -0.352 e. The predicted octanol–water partition coefficient (Wildman–Crippen LogP) is 5.46. The molecule has 0 saturated heterocycles. The standard InChI is InChI=1S/C24H31ClN2O2S/c1-5-18(3)26-24(29)19(4)27(16-20-8-6-7-17(2)15-20)23(28)13-14-30-22-11-9-21(25)10-12-22/h6-12,15,18-19H,5,13-14,16H2,1-4H3,(H,26,29)/t18-,19+/m0/s1. The summed E-state index contributed by atoms with van der Waals surface area (Å²) in [5, 5.41) is 3.69. The lowest BCUT2D eigenvalue weighted by molar-refractivity contribution is -0.140. The summed E-state index contributed by atoms with van der Waals surface area (Å²) >= 11 is 7.54. The number of nitrogens with zero attached hydrogens (tertiary/aromatic N) is 1. The first kappa shape index (κ1) is 24.3. The number of aryl methyl sites for hydroxylation is 1. The van der Waals surface area contributed by atoms with Crippen molar-refractivity contribution < 1.29 is 9.59 Å². The molecule has 162 valence electrons. The second-order valence-electron chi connectivity index (χ2n) is 7.56. The van der Waals surface area contributed by atoms with E-state index in [1.807, 2.05) is 63.2 Å². The lowest BCUT2D eigenvalue weighted by Crippen LogP contribution is -2.49. The summed E-state index contributed by atoms with van der Waals surface area (Å²) in [5.41, 5.74) is 2.16. The molecule has 0 radical (unpaired) electrons. The first-order chi connectivity index (χ1) is 14.3. The Kier molecular flexibility index (Phi) is 9.73. The first-order valence-electron chi connectivity index (χ1n) is 10.3. The number of hydrogen-bond acceptors (Lipinski definition) is 3. The van der Waals surface area contributed by atoms with E-state index in [2.05, 4.69) is 11.4 Å². The van der Waals surface area contributed by atoms with Crippen LogP contribution in [-0.2, 0) is 16.1 Å². The third-order valence-corrected chi connectivity index (χ3v) is 6.27. The van der Waals surface area contributed by atoms with Crippen molar-refractivity contribution in [3.8, 4) is 0 Å². The molecule has 4 nitrogen and oxygen atoms in total. The highest BCUT2D eigenvalue weighted by Crippen LogP contribution is 2.22. The van der Waals surface area contributed by atoms with Crippen molar-refractivity contribution in [3.63, 3.8) is 0 Å². The molecule has 2 aromatic rings. The highest BCUT2D eigenvalue weighted by Gasteiger charge is 2.26. The van der Waals surface area contributed by atoms with Gasteiger partial charge in [0.15, 0.2) is 0 Å². The highest BCUT2D eigenvalue weighted by molar-refractivity contribution is 7.99. The van der Waals surface area contributed by atoms with Crippen molar-refractivity contribution in [3.05, 3.63) is 64.7 Å². The minimum absolute atomic E-state index is 0.0234. The lowest BCUT2D eigenvalue weighted by Gasteiger charge is -2.30. The van der Waals surface area contributed by atoms with Crippen LogP contribution in [0.3, 0.4) is 0 Å². The number of rotatable bonds is 10. The van der Waals surface area contributed by atoms with Gasteiger partial charge >= 0.3 is 0 Å². The molecule has 0 spiro atoms. The van der Waals surface area contributed by atoms with E-state index in [1.165, 1.54) is 0 Å². The molecule has 0 saturated carbocycles. The van der Waals surface area contributed by atoms with Crippen molar-refractivity contribution in [2.24, 2.45) is 0 Å². The molecule has 2 amide bonds. The number of benzene rings is 2. The SMILES string of the molecule is CC[C@H](C)NC(=O)[C@@H](C)N(Cc1cccc(C)c1)C(=O)CCSc1ccc(Cl)cc1. The van der Waals surface area contributed by atoms with Crippen molar-refractivity contribution in [1.29, 1.82) is 0 Å². The summed E-state index contributed by atoms with van der Waals surface area (Å²) in [5.74, 6) is 0.505. The van der Waals surface area contributed by atoms with Crippen LogP contribution in [0.5, 0.6) is 0 Å². The summed E-state index contributed by atoms with van der Waals surface area (Å²) in [6.07, 6.45) is 1.21. The van der Waals surface area contributed by atoms with Crippen LogP contribution < -0.4 is 5.32 Å². The number of hydrogen-bond donors (Lipinski definition) is 1. The van der Waals surface area contributed by atoms with Crippen LogP contribution >= 0.6 is 23.4 Å². The van der Waals surface area contributed by atoms with Crippen LogP contribution in [0.1, 0.15) is 44.7 Å². The lowest BCUT2D eigenvalue weighted by atomic mass is 10.1. The van der Waals surface area contributed by atoms with E-state index < -0.39 is 6.04 Å². The molecule has 2 rings (SSSR count). The summed E-state index contributed by atoms with van der Waals surface area (Å²) in [6.45, 7) is 8.25. The molecule has 0 aliphatic heterocycles. The Hall–Kier alpha value is -1.98. The molecule has 0 unspecified atom stereocenters. The quantitative estimate of drug-likeness (QED) is 0.493. The molecule has 30 heavy (non-hydrogen) atoms. The third-order valence-electron chi connectivity index (χ3n) is 5.00. The monoisotopic (exact) mass is 446 g/mol. The van der Waals surface area contributed by atoms with Gasteiger partial charge in [-0.1, -0.05) is 48.4 Å². The smallest absolute Gasteiger partial charge is 0.242 e. The summed E-state index contributed by atoms with van der Waals surface area (Å²) < 4.78 is 0. The number of halogens is 1. The molecule has 0 heterocycles. The molecule has 1 N–H and O–H groups in total. The van der Waals surface area contributed by atoms with Gasteiger partial charge in [-0.15, -0.1) is 11.8 Å². The second kappa shape index (κ2) is 12.0. The van der Waals surface area contributed by atoms with Gasteiger partial charge in [0.25, 0.3) is 0 Å². The van der Waals surface area contributed by atoms with E-state index >= 15 is 0 Å². The van der Waals surface area contributed by atoms with Gasteiger partial charge in [0.1, 0.15) is 6.04 Å². The van der Waals surface area contributed by atoms with E-state index in [0.29, 0.717) is 23.7 Å². The normalized spacial score (nSPS) is 12.8. The fourth-order valence-corrected chi connectivity index (χ4v) is 3.95. The van der Waals surface area contributed by atoms with E-state index in [9.17, 15) is 9.59 Å². The largest absolute Gasteiger partial charge is 0.352 e. The first-order valence-corrected chi connectivity index (χ1v) is 11.7. The zero-order valence-corrected chi connectivity index (χ0v) is 19.7. The maximum absolute atomic E-state index is 13.1. The molecule has 0 aromatic heterocycles. The molecule has 0 fully saturated rings. The summed E-state index contributed by atoms with van der Waals surface area (Å²) in [7, 11) is 0. The van der Waals surface area contributed by atoms with Crippen LogP contribution in [0.15, 0.2) is 53.4 Å². The second-order valence-corrected chi connectivity index (χ2v) is 9.16. The molecule has 0 bridgehead atoms. The number of thioether (sulfide) groups is 1. The maximum atomic E-state index is 13.1. The number of nitrogens with one attached hydrogen (secondary N) is 1. The number of amides is 2. The van der Waals surface area contributed by atoms with Gasteiger partial charge in [0, 0.05) is 34.7 Å². The average Bonchev–Trinajstić information content (AvgIpc) is 2.72. The predicted molar refractivity (Wildman–Crippen MR) is 126 cm³/mol. The Bertz CT molecular complexity index is 841. The van der Waals surface area contributed by atoms with Crippen molar-refractivity contribution in [2.45, 2.75) is 64.1 Å². The van der Waals surface area contributed by atoms with Crippen LogP contribution in [0.2, 0.25) is 5.02 Å². The minimum atomic E-state index is -0.535. The molecule has 2 aromatic carbocycles. The molecule has 0 aliphatic carbocycles. The van der Waals surface area contributed by atoms with Crippen LogP contribution in [0, 0.1) is 6.92 Å². The molecular weight excluding hydrogens is 416 g/mol. The van der Waals surface area contributed by atoms with E-state index in [-0.39, 0.29) is 17.9 Å².